The lowest BCUT2D eigenvalue weighted by molar-refractivity contribution is -0.150. The number of ether oxygens (including phenoxy) is 3. The molecule has 7 heteroatoms. The van der Waals surface area contributed by atoms with Crippen molar-refractivity contribution in [3.05, 3.63) is 28.8 Å². The molecule has 0 aromatic heterocycles. The zero-order chi connectivity index (χ0) is 22.3. The van der Waals surface area contributed by atoms with E-state index < -0.39 is 5.41 Å². The van der Waals surface area contributed by atoms with E-state index in [-0.39, 0.29) is 24.0 Å². The molecule has 1 fully saturated rings. The maximum atomic E-state index is 12.6. The number of carbonyl (C=O) groups is 1. The fraction of sp³-hybridized carbons (Fsp3) is 0.696. The highest BCUT2D eigenvalue weighted by molar-refractivity contribution is 6.32. The normalized spacial score (nSPS) is 20.3. The lowest BCUT2D eigenvalue weighted by Gasteiger charge is -2.39. The zero-order valence-corrected chi connectivity index (χ0v) is 19.7. The van der Waals surface area contributed by atoms with Crippen LogP contribution >= 0.6 is 11.6 Å². The lowest BCUT2D eigenvalue weighted by atomic mass is 9.70. The number of carbonyl (C=O) groups excluding carboxylic acids is 1. The van der Waals surface area contributed by atoms with Crippen LogP contribution < -0.4 is 10.5 Å². The van der Waals surface area contributed by atoms with Crippen LogP contribution in [-0.2, 0) is 20.8 Å². The largest absolute Gasteiger partial charge is 0.492 e. The van der Waals surface area contributed by atoms with Crippen molar-refractivity contribution in [1.82, 2.24) is 4.90 Å². The number of nitrogens with zero attached hydrogens (tertiary/aromatic N) is 1. The predicted octanol–water partition coefficient (Wildman–Crippen LogP) is 3.88. The molecule has 30 heavy (non-hydrogen) atoms. The van der Waals surface area contributed by atoms with Crippen molar-refractivity contribution in [1.29, 1.82) is 0 Å². The fourth-order valence-corrected chi connectivity index (χ4v) is 4.26. The summed E-state index contributed by atoms with van der Waals surface area (Å²) in [7, 11) is 1.67. The van der Waals surface area contributed by atoms with Gasteiger partial charge in [0, 0.05) is 45.3 Å². The number of hydrogen-bond acceptors (Lipinski definition) is 6. The number of rotatable bonds is 12. The Morgan fingerprint density at radius 2 is 2.00 bits per heavy atom. The molecule has 2 N–H and O–H groups in total. The van der Waals surface area contributed by atoms with E-state index in [1.807, 2.05) is 18.2 Å². The summed E-state index contributed by atoms with van der Waals surface area (Å²) < 4.78 is 16.2. The summed E-state index contributed by atoms with van der Waals surface area (Å²) in [5, 5.41) is 0.594. The van der Waals surface area contributed by atoms with Crippen molar-refractivity contribution in [2.45, 2.75) is 59.2 Å². The molecule has 0 saturated carbocycles. The molecular formula is C23H37ClN2O4. The van der Waals surface area contributed by atoms with Crippen molar-refractivity contribution in [2.75, 3.05) is 33.5 Å². The van der Waals surface area contributed by atoms with Crippen LogP contribution in [0, 0.1) is 11.3 Å². The summed E-state index contributed by atoms with van der Waals surface area (Å²) in [5.41, 5.74) is 7.12. The summed E-state index contributed by atoms with van der Waals surface area (Å²) in [6, 6.07) is 5.82. The Morgan fingerprint density at radius 3 is 2.57 bits per heavy atom. The molecule has 1 aromatic carbocycles. The van der Waals surface area contributed by atoms with Crippen LogP contribution in [-0.4, -0.2) is 56.4 Å². The Hall–Kier alpha value is -1.34. The van der Waals surface area contributed by atoms with Crippen molar-refractivity contribution >= 4 is 17.6 Å². The number of methoxy groups -OCH3 is 1. The van der Waals surface area contributed by atoms with Gasteiger partial charge in [0.2, 0.25) is 0 Å². The molecule has 0 bridgehead atoms. The summed E-state index contributed by atoms with van der Waals surface area (Å²) in [6.07, 6.45) is 1.48. The highest BCUT2D eigenvalue weighted by Crippen LogP contribution is 2.40. The van der Waals surface area contributed by atoms with Crippen LogP contribution in [0.3, 0.4) is 0 Å². The Kier molecular flexibility index (Phi) is 9.41. The van der Waals surface area contributed by atoms with Crippen molar-refractivity contribution in [3.63, 3.8) is 0 Å². The number of hydrogen-bond donors (Lipinski definition) is 1. The lowest BCUT2D eigenvalue weighted by Crippen LogP contribution is -2.55. The highest BCUT2D eigenvalue weighted by Gasteiger charge is 2.51. The van der Waals surface area contributed by atoms with Gasteiger partial charge in [0.15, 0.2) is 0 Å². The van der Waals surface area contributed by atoms with E-state index in [9.17, 15) is 4.79 Å². The van der Waals surface area contributed by atoms with Gasteiger partial charge in [0.05, 0.1) is 23.7 Å². The van der Waals surface area contributed by atoms with Gasteiger partial charge in [-0.2, -0.15) is 0 Å². The Bertz CT molecular complexity index is 698. The number of esters is 1. The second-order valence-corrected chi connectivity index (χ2v) is 9.08. The van der Waals surface area contributed by atoms with Gasteiger partial charge in [0.1, 0.15) is 5.75 Å². The predicted molar refractivity (Wildman–Crippen MR) is 120 cm³/mol. The molecule has 6 nitrogen and oxygen atoms in total. The third-order valence-corrected chi connectivity index (χ3v) is 6.43. The molecule has 2 atom stereocenters. The summed E-state index contributed by atoms with van der Waals surface area (Å²) in [4.78, 5) is 14.8. The van der Waals surface area contributed by atoms with E-state index in [4.69, 9.17) is 31.5 Å². The standard InChI is InChI=1S/C23H37ClN2O4/c1-16(2)23(9-12-30-22(23)27)21(25)15-26(17(3)4)14-18-7-8-19(24)20(13-18)29-11-6-10-28-5/h7-8,13,16-17,21H,6,9-12,14-15,25H2,1-5H3/t21-,23?/m1/s1. The van der Waals surface area contributed by atoms with E-state index in [2.05, 4.69) is 32.6 Å². The van der Waals surface area contributed by atoms with Gasteiger partial charge >= 0.3 is 5.97 Å². The second kappa shape index (κ2) is 11.3. The van der Waals surface area contributed by atoms with Gasteiger partial charge in [-0.25, -0.2) is 0 Å². The summed E-state index contributed by atoms with van der Waals surface area (Å²) in [5.74, 6) is 0.641. The van der Waals surface area contributed by atoms with Gasteiger partial charge in [0.25, 0.3) is 0 Å². The van der Waals surface area contributed by atoms with Crippen molar-refractivity contribution < 1.29 is 19.0 Å². The van der Waals surface area contributed by atoms with Crippen LogP contribution in [0.1, 0.15) is 46.1 Å². The minimum atomic E-state index is -0.622. The van der Waals surface area contributed by atoms with Crippen LogP contribution in [0.4, 0.5) is 0 Å². The van der Waals surface area contributed by atoms with Gasteiger partial charge in [-0.15, -0.1) is 0 Å². The highest BCUT2D eigenvalue weighted by atomic mass is 35.5. The molecular weight excluding hydrogens is 404 g/mol. The monoisotopic (exact) mass is 440 g/mol. The summed E-state index contributed by atoms with van der Waals surface area (Å²) in [6.45, 7) is 11.3. The SMILES string of the molecule is COCCCOc1cc(CN(C[C@@H](N)C2(C(C)C)CCOC2=O)C(C)C)ccc1Cl. The van der Waals surface area contributed by atoms with E-state index in [1.54, 1.807) is 7.11 Å². The molecule has 0 aliphatic carbocycles. The molecule has 1 aromatic rings. The van der Waals surface area contributed by atoms with E-state index in [0.29, 0.717) is 50.1 Å². The molecule has 1 aliphatic heterocycles. The van der Waals surface area contributed by atoms with Gasteiger partial charge in [-0.3, -0.25) is 9.69 Å². The molecule has 1 saturated heterocycles. The minimum absolute atomic E-state index is 0.124. The smallest absolute Gasteiger partial charge is 0.314 e. The number of halogens is 1. The maximum absolute atomic E-state index is 12.6. The first-order chi connectivity index (χ1) is 14.2. The maximum Gasteiger partial charge on any atom is 0.314 e. The Balaban J connectivity index is 2.11. The fourth-order valence-electron chi connectivity index (χ4n) is 4.09. The van der Waals surface area contributed by atoms with Crippen LogP contribution in [0.2, 0.25) is 5.02 Å². The zero-order valence-electron chi connectivity index (χ0n) is 18.9. The molecule has 0 amide bonds. The topological polar surface area (TPSA) is 74.0 Å². The molecule has 1 unspecified atom stereocenters. The first-order valence-corrected chi connectivity index (χ1v) is 11.2. The van der Waals surface area contributed by atoms with Crippen molar-refractivity contribution in [2.24, 2.45) is 17.1 Å². The van der Waals surface area contributed by atoms with Gasteiger partial charge in [-0.1, -0.05) is 31.5 Å². The Morgan fingerprint density at radius 1 is 1.27 bits per heavy atom. The molecule has 170 valence electrons. The number of cyclic esters (lactones) is 1. The molecule has 0 spiro atoms. The average Bonchev–Trinajstić information content (AvgIpc) is 3.09. The average molecular weight is 441 g/mol. The molecule has 1 heterocycles. The molecule has 0 radical (unpaired) electrons. The third kappa shape index (κ3) is 5.88. The van der Waals surface area contributed by atoms with Crippen LogP contribution in [0.25, 0.3) is 0 Å². The van der Waals surface area contributed by atoms with Crippen LogP contribution in [0.5, 0.6) is 5.75 Å². The van der Waals surface area contributed by atoms with Gasteiger partial charge in [-0.05, 0) is 43.9 Å². The number of nitrogens with two attached hydrogens (primary N) is 1. The van der Waals surface area contributed by atoms with E-state index in [0.717, 1.165) is 12.0 Å². The van der Waals surface area contributed by atoms with E-state index >= 15 is 0 Å². The van der Waals surface area contributed by atoms with Crippen LogP contribution in [0.15, 0.2) is 18.2 Å². The van der Waals surface area contributed by atoms with Gasteiger partial charge < -0.3 is 19.9 Å². The molecule has 2 rings (SSSR count). The quantitative estimate of drug-likeness (QED) is 0.392. The van der Waals surface area contributed by atoms with E-state index in [1.165, 1.54) is 0 Å². The van der Waals surface area contributed by atoms with Crippen molar-refractivity contribution in [3.8, 4) is 5.75 Å². The first-order valence-electron chi connectivity index (χ1n) is 10.8. The first kappa shape index (κ1) is 24.9. The second-order valence-electron chi connectivity index (χ2n) is 8.67. The third-order valence-electron chi connectivity index (χ3n) is 6.11. The summed E-state index contributed by atoms with van der Waals surface area (Å²) >= 11 is 6.31. The molecule has 1 aliphatic rings. The minimum Gasteiger partial charge on any atom is -0.492 e. The Labute approximate surface area is 186 Å². The number of benzene rings is 1.